The maximum Gasteiger partial charge on any atom is 0.303 e. The molecule has 1 unspecified atom stereocenters. The molecule has 0 bridgehead atoms. The van der Waals surface area contributed by atoms with E-state index in [1.54, 1.807) is 36.4 Å². The number of para-hydroxylation sites is 2. The van der Waals surface area contributed by atoms with Crippen molar-refractivity contribution in [3.8, 4) is 11.5 Å². The summed E-state index contributed by atoms with van der Waals surface area (Å²) in [6.07, 6.45) is 0. The molecule has 0 saturated carbocycles. The zero-order chi connectivity index (χ0) is 14.4. The molecular formula is C13H12ClNO4S. The Morgan fingerprint density at radius 3 is 2.55 bits per heavy atom. The van der Waals surface area contributed by atoms with E-state index in [0.717, 1.165) is 0 Å². The lowest BCUT2D eigenvalue weighted by Gasteiger charge is -2.12. The molecule has 106 valence electrons. The highest BCUT2D eigenvalue weighted by molar-refractivity contribution is 7.74. The molecule has 0 fully saturated rings. The van der Waals surface area contributed by atoms with Crippen molar-refractivity contribution in [2.75, 3.05) is 12.0 Å². The molecule has 20 heavy (non-hydrogen) atoms. The molecule has 0 aliphatic carbocycles. The normalized spacial score (nSPS) is 11.9. The summed E-state index contributed by atoms with van der Waals surface area (Å²) >= 11 is 3.50. The van der Waals surface area contributed by atoms with Gasteiger partial charge in [0.15, 0.2) is 5.75 Å². The Bertz CT molecular complexity index is 591. The summed E-state index contributed by atoms with van der Waals surface area (Å²) in [7, 11) is 0. The summed E-state index contributed by atoms with van der Waals surface area (Å²) in [5.74, 6) is 1.21. The van der Waals surface area contributed by atoms with Crippen LogP contribution in [0.15, 0.2) is 48.5 Å². The monoisotopic (exact) mass is 313 g/mol. The molecule has 5 nitrogen and oxygen atoms in total. The number of halogens is 1. The fourth-order valence-electron chi connectivity index (χ4n) is 1.49. The van der Waals surface area contributed by atoms with Crippen molar-refractivity contribution in [3.63, 3.8) is 0 Å². The fraction of sp³-hybridized carbons (Fsp3) is 0.0769. The molecule has 7 heteroatoms. The smallest absolute Gasteiger partial charge is 0.303 e. The molecule has 0 radical (unpaired) electrons. The summed E-state index contributed by atoms with van der Waals surface area (Å²) in [6, 6.07) is 14.1. The minimum absolute atomic E-state index is 0.107. The predicted octanol–water partition coefficient (Wildman–Crippen LogP) is 3.66. The Balaban J connectivity index is 2.07. The van der Waals surface area contributed by atoms with Gasteiger partial charge in [0.25, 0.3) is 0 Å². The van der Waals surface area contributed by atoms with Gasteiger partial charge in [0, 0.05) is 5.02 Å². The average Bonchev–Trinajstić information content (AvgIpc) is 2.43. The lowest BCUT2D eigenvalue weighted by Crippen LogP contribution is -2.08. The van der Waals surface area contributed by atoms with Gasteiger partial charge in [-0.05, 0) is 36.4 Å². The Kier molecular flexibility index (Phi) is 5.37. The molecule has 1 atom stereocenters. The third-order valence-electron chi connectivity index (χ3n) is 2.35. The predicted molar refractivity (Wildman–Crippen MR) is 78.3 cm³/mol. The lowest BCUT2D eigenvalue weighted by molar-refractivity contribution is 0.329. The van der Waals surface area contributed by atoms with Crippen molar-refractivity contribution in [1.82, 2.24) is 0 Å². The molecule has 0 saturated heterocycles. The van der Waals surface area contributed by atoms with Crippen LogP contribution >= 0.6 is 11.6 Å². The minimum atomic E-state index is -2.30. The average molecular weight is 314 g/mol. The van der Waals surface area contributed by atoms with Gasteiger partial charge in [-0.15, -0.1) is 0 Å². The molecule has 0 heterocycles. The van der Waals surface area contributed by atoms with Gasteiger partial charge < -0.3 is 10.1 Å². The van der Waals surface area contributed by atoms with Crippen LogP contribution in [0.1, 0.15) is 0 Å². The van der Waals surface area contributed by atoms with E-state index in [1.165, 1.54) is 0 Å². The standard InChI is InChI=1S/C13H12ClNO4S/c14-10-5-7-11(8-6-10)19-13-4-2-1-3-12(13)15-9-18-20(16)17/h1-8,15H,9H2,(H,16,17). The first-order valence-electron chi connectivity index (χ1n) is 5.65. The topological polar surface area (TPSA) is 67.8 Å². The van der Waals surface area contributed by atoms with Gasteiger partial charge in [0.05, 0.1) is 5.69 Å². The summed E-state index contributed by atoms with van der Waals surface area (Å²) < 4.78 is 29.1. The molecular weight excluding hydrogens is 302 g/mol. The van der Waals surface area contributed by atoms with Gasteiger partial charge >= 0.3 is 11.4 Å². The third-order valence-corrected chi connectivity index (χ3v) is 2.92. The second-order valence-electron chi connectivity index (χ2n) is 3.71. The number of benzene rings is 2. The van der Waals surface area contributed by atoms with Gasteiger partial charge in [-0.25, -0.2) is 4.18 Å². The Hall–Kier alpha value is -1.60. The fourth-order valence-corrected chi connectivity index (χ4v) is 1.77. The number of hydrogen-bond donors (Lipinski definition) is 2. The van der Waals surface area contributed by atoms with Crippen LogP contribution in [0.25, 0.3) is 0 Å². The Morgan fingerprint density at radius 1 is 1.15 bits per heavy atom. The van der Waals surface area contributed by atoms with Crippen LogP contribution < -0.4 is 10.1 Å². The van der Waals surface area contributed by atoms with E-state index in [4.69, 9.17) is 20.9 Å². The number of ether oxygens (including phenoxy) is 1. The van der Waals surface area contributed by atoms with Crippen LogP contribution in [0.2, 0.25) is 5.02 Å². The number of anilines is 1. The van der Waals surface area contributed by atoms with Crippen LogP contribution in [-0.4, -0.2) is 15.5 Å². The first-order chi connectivity index (χ1) is 9.65. The SMILES string of the molecule is O=S(O)OCNc1ccccc1Oc1ccc(Cl)cc1. The van der Waals surface area contributed by atoms with Crippen molar-refractivity contribution in [1.29, 1.82) is 0 Å². The van der Waals surface area contributed by atoms with Crippen LogP contribution in [-0.2, 0) is 15.5 Å². The van der Waals surface area contributed by atoms with E-state index < -0.39 is 11.4 Å². The van der Waals surface area contributed by atoms with Crippen molar-refractivity contribution >= 4 is 28.6 Å². The van der Waals surface area contributed by atoms with Crippen LogP contribution in [0.3, 0.4) is 0 Å². The summed E-state index contributed by atoms with van der Waals surface area (Å²) in [6.45, 7) is -0.107. The summed E-state index contributed by atoms with van der Waals surface area (Å²) in [4.78, 5) is 0. The van der Waals surface area contributed by atoms with E-state index in [-0.39, 0.29) is 6.73 Å². The van der Waals surface area contributed by atoms with E-state index in [0.29, 0.717) is 22.2 Å². The van der Waals surface area contributed by atoms with Crippen molar-refractivity contribution < 1.29 is 17.7 Å². The van der Waals surface area contributed by atoms with Gasteiger partial charge in [-0.2, -0.15) is 4.21 Å². The minimum Gasteiger partial charge on any atom is -0.455 e. The molecule has 0 spiro atoms. The van der Waals surface area contributed by atoms with Gasteiger partial charge in [0.2, 0.25) is 0 Å². The molecule has 2 rings (SSSR count). The van der Waals surface area contributed by atoms with Crippen molar-refractivity contribution in [2.24, 2.45) is 0 Å². The number of rotatable bonds is 6. The third kappa shape index (κ3) is 4.50. The van der Waals surface area contributed by atoms with E-state index in [1.807, 2.05) is 12.1 Å². The van der Waals surface area contributed by atoms with Crippen LogP contribution in [0, 0.1) is 0 Å². The first kappa shape index (κ1) is 14.8. The second kappa shape index (κ2) is 7.25. The van der Waals surface area contributed by atoms with Gasteiger partial charge in [-0.3, -0.25) is 4.55 Å². The molecule has 2 aromatic rings. The maximum atomic E-state index is 10.4. The zero-order valence-corrected chi connectivity index (χ0v) is 11.9. The lowest BCUT2D eigenvalue weighted by atomic mass is 10.3. The van der Waals surface area contributed by atoms with Crippen LogP contribution in [0.5, 0.6) is 11.5 Å². The van der Waals surface area contributed by atoms with Crippen molar-refractivity contribution in [2.45, 2.75) is 0 Å². The highest BCUT2D eigenvalue weighted by atomic mass is 35.5. The first-order valence-corrected chi connectivity index (χ1v) is 7.06. The summed E-state index contributed by atoms with van der Waals surface area (Å²) in [5.41, 5.74) is 0.646. The Morgan fingerprint density at radius 2 is 1.85 bits per heavy atom. The number of nitrogens with one attached hydrogen (secondary N) is 1. The number of hydrogen-bond acceptors (Lipinski definition) is 4. The second-order valence-corrected chi connectivity index (χ2v) is 4.81. The molecule has 0 aromatic heterocycles. The zero-order valence-electron chi connectivity index (χ0n) is 10.3. The molecule has 0 aliphatic rings. The highest BCUT2D eigenvalue weighted by Crippen LogP contribution is 2.29. The maximum absolute atomic E-state index is 10.4. The molecule has 0 aliphatic heterocycles. The highest BCUT2D eigenvalue weighted by Gasteiger charge is 2.04. The quantitative estimate of drug-likeness (QED) is 0.629. The van der Waals surface area contributed by atoms with E-state index in [9.17, 15) is 4.21 Å². The Labute approximate surface area is 124 Å². The van der Waals surface area contributed by atoms with Crippen LogP contribution in [0.4, 0.5) is 5.69 Å². The van der Waals surface area contributed by atoms with E-state index >= 15 is 0 Å². The molecule has 0 amide bonds. The van der Waals surface area contributed by atoms with E-state index in [2.05, 4.69) is 9.50 Å². The van der Waals surface area contributed by atoms with Crippen molar-refractivity contribution in [3.05, 3.63) is 53.6 Å². The van der Waals surface area contributed by atoms with Gasteiger partial charge in [-0.1, -0.05) is 23.7 Å². The largest absolute Gasteiger partial charge is 0.455 e. The molecule has 2 N–H and O–H groups in total. The summed E-state index contributed by atoms with van der Waals surface area (Å²) in [5, 5.41) is 3.48. The molecule has 2 aromatic carbocycles. The van der Waals surface area contributed by atoms with Gasteiger partial charge in [0.1, 0.15) is 12.5 Å².